The van der Waals surface area contributed by atoms with Gasteiger partial charge in [0, 0.05) is 0 Å². The van der Waals surface area contributed by atoms with Gasteiger partial charge in [0.05, 0.1) is 0 Å². The quantitative estimate of drug-likeness (QED) is 0.311. The summed E-state index contributed by atoms with van der Waals surface area (Å²) in [6, 6.07) is 0. The van der Waals surface area contributed by atoms with Crippen molar-refractivity contribution in [3.8, 4) is 0 Å². The van der Waals surface area contributed by atoms with Gasteiger partial charge in [-0.1, -0.05) is 0 Å². The van der Waals surface area contributed by atoms with Crippen LogP contribution in [0.25, 0.3) is 0 Å². The molecule has 0 saturated carbocycles. The van der Waals surface area contributed by atoms with Crippen LogP contribution in [-0.2, 0) is 11.5 Å². The van der Waals surface area contributed by atoms with Crippen LogP contribution in [-0.4, -0.2) is 13.2 Å². The molecule has 3 nitrogen and oxygen atoms in total. The average molecular weight is 232 g/mol. The van der Waals surface area contributed by atoms with Crippen molar-refractivity contribution in [2.75, 3.05) is 0 Å². The van der Waals surface area contributed by atoms with Crippen molar-refractivity contribution in [2.24, 2.45) is 0 Å². The second-order valence-electron chi connectivity index (χ2n) is 1.08. The molecule has 0 fully saturated rings. The molecule has 0 spiro atoms. The summed E-state index contributed by atoms with van der Waals surface area (Å²) in [6.07, 6.45) is 0. The number of hydrogen-bond donors (Lipinski definition) is 4. The zero-order valence-corrected chi connectivity index (χ0v) is 8.77. The number of thiocarbonyl (C=S) groups is 2. The monoisotopic (exact) mass is 232 g/mol. The lowest BCUT2D eigenvalue weighted by Gasteiger charge is -2.08. The molecule has 0 saturated heterocycles. The van der Waals surface area contributed by atoms with Gasteiger partial charge in [0.2, 0.25) is 0 Å². The minimum atomic E-state index is -1.52. The molecule has 0 aromatic heterocycles. The van der Waals surface area contributed by atoms with E-state index in [-0.39, 0.29) is 8.64 Å². The molecule has 2 N–H and O–H groups in total. The summed E-state index contributed by atoms with van der Waals surface area (Å²) >= 11 is 14.8. The number of nitrogens with one attached hydrogen (secondary N) is 2. The SMILES string of the molecule is [O-][S+](NC(=S)S)NC(=S)S. The van der Waals surface area contributed by atoms with Crippen molar-refractivity contribution in [2.45, 2.75) is 0 Å². The smallest absolute Gasteiger partial charge is 0.195 e. The van der Waals surface area contributed by atoms with Crippen molar-refractivity contribution in [3.63, 3.8) is 0 Å². The Hall–Kier alpha value is 0.790. The summed E-state index contributed by atoms with van der Waals surface area (Å²) in [5, 5.41) is 0. The summed E-state index contributed by atoms with van der Waals surface area (Å²) in [5.74, 6) is 0. The molecule has 0 aromatic carbocycles. The van der Waals surface area contributed by atoms with E-state index in [1.165, 1.54) is 0 Å². The van der Waals surface area contributed by atoms with Crippen LogP contribution in [0.5, 0.6) is 0 Å². The molecule has 0 aliphatic rings. The molecular formula is C2H4N2OS5. The predicted molar refractivity (Wildman–Crippen MR) is 57.6 cm³/mol. The number of thiol groups is 2. The highest BCUT2D eigenvalue weighted by Crippen LogP contribution is 1.86. The molecule has 0 rings (SSSR count). The first-order valence-corrected chi connectivity index (χ1v) is 4.79. The van der Waals surface area contributed by atoms with Crippen LogP contribution in [0.1, 0.15) is 0 Å². The Balaban J connectivity index is 3.53. The molecule has 0 unspecified atom stereocenters. The third-order valence-corrected chi connectivity index (χ3v) is 2.13. The highest BCUT2D eigenvalue weighted by molar-refractivity contribution is 8.14. The lowest BCUT2D eigenvalue weighted by atomic mass is 11.5. The van der Waals surface area contributed by atoms with Crippen LogP contribution in [0, 0.1) is 0 Å². The number of hydrogen-bond acceptors (Lipinski definition) is 3. The van der Waals surface area contributed by atoms with Crippen LogP contribution in [0.4, 0.5) is 0 Å². The Morgan fingerprint density at radius 1 is 1.20 bits per heavy atom. The molecular weight excluding hydrogens is 228 g/mol. The first-order valence-electron chi connectivity index (χ1n) is 1.93. The predicted octanol–water partition coefficient (Wildman–Crippen LogP) is 0.174. The maximum Gasteiger partial charge on any atom is 0.195 e. The third-order valence-electron chi connectivity index (χ3n) is 0.360. The minimum Gasteiger partial charge on any atom is -0.568 e. The molecule has 58 valence electrons. The Kier molecular flexibility index (Phi) is 5.87. The van der Waals surface area contributed by atoms with Gasteiger partial charge in [-0.3, -0.25) is 0 Å². The summed E-state index contributed by atoms with van der Waals surface area (Å²) < 4.78 is 15.5. The van der Waals surface area contributed by atoms with E-state index >= 15 is 0 Å². The Morgan fingerprint density at radius 3 is 1.70 bits per heavy atom. The van der Waals surface area contributed by atoms with Crippen molar-refractivity contribution >= 4 is 69.9 Å². The van der Waals surface area contributed by atoms with Crippen LogP contribution in [0.15, 0.2) is 0 Å². The van der Waals surface area contributed by atoms with Gasteiger partial charge >= 0.3 is 0 Å². The lowest BCUT2D eigenvalue weighted by Crippen LogP contribution is -2.38. The summed E-state index contributed by atoms with van der Waals surface area (Å²) in [4.78, 5) is 0. The molecule has 8 heteroatoms. The molecule has 0 heterocycles. The standard InChI is InChI=1S/C2H4N2OS5/c5-10(3-1(6)7)4-2(8)9/h(H2,3,6,7)(H2,4,8,9). The second-order valence-corrected chi connectivity index (χ2v) is 4.34. The summed E-state index contributed by atoms with van der Waals surface area (Å²) in [5.41, 5.74) is 0. The van der Waals surface area contributed by atoms with E-state index in [1.807, 2.05) is 0 Å². The van der Waals surface area contributed by atoms with Gasteiger partial charge in [-0.25, -0.2) is 0 Å². The highest BCUT2D eigenvalue weighted by Gasteiger charge is 2.05. The van der Waals surface area contributed by atoms with Crippen LogP contribution in [0.3, 0.4) is 0 Å². The maximum absolute atomic E-state index is 10.7. The normalized spacial score (nSPS) is 9.20. The minimum absolute atomic E-state index is 0.135. The van der Waals surface area contributed by atoms with Crippen LogP contribution >= 0.6 is 49.7 Å². The summed E-state index contributed by atoms with van der Waals surface area (Å²) in [6.45, 7) is 0. The molecule has 0 aliphatic carbocycles. The highest BCUT2D eigenvalue weighted by atomic mass is 32.2. The fourth-order valence-electron chi connectivity index (χ4n) is 0.184. The number of rotatable bonds is 2. The maximum atomic E-state index is 10.7. The topological polar surface area (TPSA) is 47.1 Å². The van der Waals surface area contributed by atoms with Gasteiger partial charge in [0.1, 0.15) is 0 Å². The lowest BCUT2D eigenvalue weighted by molar-refractivity contribution is 0.589. The third kappa shape index (κ3) is 6.90. The van der Waals surface area contributed by atoms with Crippen LogP contribution < -0.4 is 9.44 Å². The fraction of sp³-hybridized carbons (Fsp3) is 0. The van der Waals surface area contributed by atoms with E-state index in [0.717, 1.165) is 0 Å². The van der Waals surface area contributed by atoms with E-state index in [4.69, 9.17) is 0 Å². The van der Waals surface area contributed by atoms with Gasteiger partial charge in [-0.2, -0.15) is 9.44 Å². The van der Waals surface area contributed by atoms with Gasteiger partial charge in [-0.05, 0) is 24.4 Å². The Bertz CT molecular complexity index is 133. The van der Waals surface area contributed by atoms with Crippen molar-refractivity contribution in [1.82, 2.24) is 9.44 Å². The largest absolute Gasteiger partial charge is 0.568 e. The first-order chi connectivity index (χ1) is 4.52. The molecule has 0 bridgehead atoms. The van der Waals surface area contributed by atoms with E-state index < -0.39 is 11.5 Å². The second kappa shape index (κ2) is 5.44. The van der Waals surface area contributed by atoms with Gasteiger partial charge < -0.3 is 4.55 Å². The summed E-state index contributed by atoms with van der Waals surface area (Å²) in [7, 11) is 0. The molecule has 0 aromatic rings. The van der Waals surface area contributed by atoms with Crippen LogP contribution in [0.2, 0.25) is 0 Å². The van der Waals surface area contributed by atoms with Crippen molar-refractivity contribution < 1.29 is 4.55 Å². The van der Waals surface area contributed by atoms with Gasteiger partial charge in [0.25, 0.3) is 0 Å². The van der Waals surface area contributed by atoms with Crippen molar-refractivity contribution in [1.29, 1.82) is 0 Å². The van der Waals surface area contributed by atoms with Gasteiger partial charge in [0.15, 0.2) is 20.2 Å². The molecule has 0 radical (unpaired) electrons. The zero-order valence-electron chi connectivity index (χ0n) is 4.53. The molecule has 10 heavy (non-hydrogen) atoms. The molecule has 0 amide bonds. The zero-order chi connectivity index (χ0) is 8.15. The van der Waals surface area contributed by atoms with Gasteiger partial charge in [-0.15, -0.1) is 25.3 Å². The fourth-order valence-corrected chi connectivity index (χ4v) is 1.50. The average Bonchev–Trinajstić information content (AvgIpc) is 1.58. The van der Waals surface area contributed by atoms with E-state index in [0.29, 0.717) is 0 Å². The Morgan fingerprint density at radius 2 is 1.50 bits per heavy atom. The van der Waals surface area contributed by atoms with E-state index in [1.54, 1.807) is 0 Å². The van der Waals surface area contributed by atoms with Crippen molar-refractivity contribution in [3.05, 3.63) is 0 Å². The van der Waals surface area contributed by atoms with E-state index in [2.05, 4.69) is 59.1 Å². The molecule has 0 aliphatic heterocycles. The Labute approximate surface area is 83.6 Å². The molecule has 0 atom stereocenters. The first kappa shape index (κ1) is 10.8. The van der Waals surface area contributed by atoms with E-state index in [9.17, 15) is 4.55 Å².